The van der Waals surface area contributed by atoms with E-state index in [1.807, 2.05) is 18.4 Å². The van der Waals surface area contributed by atoms with Crippen molar-refractivity contribution in [2.24, 2.45) is 0 Å². The van der Waals surface area contributed by atoms with Gasteiger partial charge in [-0.25, -0.2) is 9.78 Å². The lowest BCUT2D eigenvalue weighted by Crippen LogP contribution is -2.48. The lowest BCUT2D eigenvalue weighted by Gasteiger charge is -2.33. The van der Waals surface area contributed by atoms with Gasteiger partial charge in [0, 0.05) is 26.2 Å². The Hall–Kier alpha value is -1.93. The molecule has 0 radical (unpaired) electrons. The third kappa shape index (κ3) is 3.70. The smallest absolute Gasteiger partial charge is 0.409 e. The van der Waals surface area contributed by atoms with Crippen LogP contribution in [0.15, 0.2) is 16.2 Å². The topological polar surface area (TPSA) is 78.5 Å². The number of aromatic nitrogens is 2. The molecule has 1 aliphatic heterocycles. The van der Waals surface area contributed by atoms with Crippen molar-refractivity contribution < 1.29 is 9.53 Å². The fourth-order valence-corrected chi connectivity index (χ4v) is 3.30. The second kappa shape index (κ2) is 7.10. The molecule has 1 saturated heterocycles. The van der Waals surface area contributed by atoms with Crippen LogP contribution in [0.2, 0.25) is 0 Å². The molecule has 1 N–H and O–H groups in total. The Morgan fingerprint density at radius 2 is 2.17 bits per heavy atom. The van der Waals surface area contributed by atoms with Gasteiger partial charge in [-0.3, -0.25) is 9.69 Å². The van der Waals surface area contributed by atoms with Gasteiger partial charge in [0.15, 0.2) is 0 Å². The van der Waals surface area contributed by atoms with Crippen molar-refractivity contribution >= 4 is 27.6 Å². The van der Waals surface area contributed by atoms with Crippen molar-refractivity contribution in [3.63, 3.8) is 0 Å². The Morgan fingerprint density at radius 1 is 1.39 bits per heavy atom. The molecule has 1 aliphatic rings. The summed E-state index contributed by atoms with van der Waals surface area (Å²) in [4.78, 5) is 35.0. The number of carbonyl (C=O) groups is 1. The van der Waals surface area contributed by atoms with Crippen molar-refractivity contribution in [3.05, 3.63) is 27.6 Å². The van der Waals surface area contributed by atoms with Gasteiger partial charge in [0.2, 0.25) is 0 Å². The number of H-pyrrole nitrogens is 1. The first-order valence-electron chi connectivity index (χ1n) is 7.78. The summed E-state index contributed by atoms with van der Waals surface area (Å²) in [6, 6.07) is 1.86. The molecule has 124 valence electrons. The van der Waals surface area contributed by atoms with E-state index in [1.165, 1.54) is 11.3 Å². The standard InChI is InChI=1S/C15H20N4O3S/c1-2-8-22-15(21)19-6-4-18(5-7-19)10-12-16-11-3-9-23-13(11)14(20)17-12/h3,9H,2,4-8,10H2,1H3,(H,16,17,20). The van der Waals surface area contributed by atoms with E-state index in [1.54, 1.807) is 4.90 Å². The summed E-state index contributed by atoms with van der Waals surface area (Å²) in [6.45, 7) is 5.77. The fraction of sp³-hybridized carbons (Fsp3) is 0.533. The zero-order valence-corrected chi connectivity index (χ0v) is 13.9. The number of thiophene rings is 1. The third-order valence-electron chi connectivity index (χ3n) is 3.80. The number of nitrogens with zero attached hydrogens (tertiary/aromatic N) is 3. The van der Waals surface area contributed by atoms with Crippen LogP contribution in [0.25, 0.3) is 10.2 Å². The van der Waals surface area contributed by atoms with Gasteiger partial charge in [0.25, 0.3) is 5.56 Å². The van der Waals surface area contributed by atoms with Gasteiger partial charge < -0.3 is 14.6 Å². The highest BCUT2D eigenvalue weighted by atomic mass is 32.1. The first kappa shape index (κ1) is 15.9. The van der Waals surface area contributed by atoms with Crippen LogP contribution < -0.4 is 5.56 Å². The molecule has 0 bridgehead atoms. The van der Waals surface area contributed by atoms with E-state index in [0.29, 0.717) is 36.8 Å². The number of hydrogen-bond donors (Lipinski definition) is 1. The average Bonchev–Trinajstić information content (AvgIpc) is 3.02. The lowest BCUT2D eigenvalue weighted by molar-refractivity contribution is 0.0740. The molecule has 0 atom stereocenters. The zero-order valence-electron chi connectivity index (χ0n) is 13.1. The predicted molar refractivity (Wildman–Crippen MR) is 88.7 cm³/mol. The number of amides is 1. The zero-order chi connectivity index (χ0) is 16.2. The normalized spacial score (nSPS) is 16.0. The molecular weight excluding hydrogens is 316 g/mol. The van der Waals surface area contributed by atoms with E-state index in [9.17, 15) is 9.59 Å². The number of aromatic amines is 1. The summed E-state index contributed by atoms with van der Waals surface area (Å²) in [5.74, 6) is 0.669. The highest BCUT2D eigenvalue weighted by Gasteiger charge is 2.22. The van der Waals surface area contributed by atoms with Crippen LogP contribution in [0.1, 0.15) is 19.2 Å². The molecule has 0 spiro atoms. The number of carbonyl (C=O) groups excluding carboxylic acids is 1. The maximum atomic E-state index is 12.0. The summed E-state index contributed by atoms with van der Waals surface area (Å²) >= 11 is 1.40. The van der Waals surface area contributed by atoms with Crippen LogP contribution in [0, 0.1) is 0 Å². The Morgan fingerprint density at radius 3 is 2.91 bits per heavy atom. The van der Waals surface area contributed by atoms with E-state index in [-0.39, 0.29) is 11.7 Å². The summed E-state index contributed by atoms with van der Waals surface area (Å²) in [7, 11) is 0. The van der Waals surface area contributed by atoms with E-state index < -0.39 is 0 Å². The second-order valence-corrected chi connectivity index (χ2v) is 6.44. The Kier molecular flexibility index (Phi) is 4.92. The maximum Gasteiger partial charge on any atom is 0.409 e. The van der Waals surface area contributed by atoms with E-state index >= 15 is 0 Å². The SMILES string of the molecule is CCCOC(=O)N1CCN(Cc2nc3ccsc3c(=O)[nH]2)CC1. The Labute approximate surface area is 137 Å². The molecule has 0 aliphatic carbocycles. The van der Waals surface area contributed by atoms with Gasteiger partial charge in [0.1, 0.15) is 10.5 Å². The highest BCUT2D eigenvalue weighted by molar-refractivity contribution is 7.17. The minimum absolute atomic E-state index is 0.0817. The summed E-state index contributed by atoms with van der Waals surface area (Å²) in [5.41, 5.74) is 0.664. The van der Waals surface area contributed by atoms with Crippen molar-refractivity contribution in [3.8, 4) is 0 Å². The molecule has 1 amide bonds. The number of ether oxygens (including phenoxy) is 1. The van der Waals surface area contributed by atoms with Gasteiger partial charge in [-0.2, -0.15) is 0 Å². The number of nitrogens with one attached hydrogen (secondary N) is 1. The van der Waals surface area contributed by atoms with Gasteiger partial charge in [-0.15, -0.1) is 11.3 Å². The van der Waals surface area contributed by atoms with Gasteiger partial charge >= 0.3 is 6.09 Å². The highest BCUT2D eigenvalue weighted by Crippen LogP contribution is 2.14. The molecule has 1 fully saturated rings. The number of hydrogen-bond acceptors (Lipinski definition) is 6. The molecule has 8 heteroatoms. The van der Waals surface area contributed by atoms with Crippen LogP contribution in [-0.4, -0.2) is 58.6 Å². The van der Waals surface area contributed by atoms with E-state index in [4.69, 9.17) is 4.74 Å². The monoisotopic (exact) mass is 336 g/mol. The van der Waals surface area contributed by atoms with Gasteiger partial charge in [-0.1, -0.05) is 6.92 Å². The summed E-state index contributed by atoms with van der Waals surface area (Å²) < 4.78 is 5.81. The number of fused-ring (bicyclic) bond motifs is 1. The maximum absolute atomic E-state index is 12.0. The summed E-state index contributed by atoms with van der Waals surface area (Å²) in [5, 5.41) is 1.87. The average molecular weight is 336 g/mol. The number of piperazine rings is 1. The van der Waals surface area contributed by atoms with E-state index in [0.717, 1.165) is 25.0 Å². The largest absolute Gasteiger partial charge is 0.449 e. The molecule has 0 saturated carbocycles. The van der Waals surface area contributed by atoms with Crippen molar-refractivity contribution in [2.75, 3.05) is 32.8 Å². The molecule has 0 unspecified atom stereocenters. The molecule has 0 aromatic carbocycles. The number of rotatable bonds is 4. The van der Waals surface area contributed by atoms with Crippen molar-refractivity contribution in [1.82, 2.24) is 19.8 Å². The predicted octanol–water partition coefficient (Wildman–Crippen LogP) is 1.65. The first-order chi connectivity index (χ1) is 11.2. The quantitative estimate of drug-likeness (QED) is 0.918. The molecule has 3 rings (SSSR count). The second-order valence-electron chi connectivity index (χ2n) is 5.53. The summed E-state index contributed by atoms with van der Waals surface area (Å²) in [6.07, 6.45) is 0.591. The molecule has 7 nitrogen and oxygen atoms in total. The first-order valence-corrected chi connectivity index (χ1v) is 8.66. The van der Waals surface area contributed by atoms with Crippen molar-refractivity contribution in [2.45, 2.75) is 19.9 Å². The van der Waals surface area contributed by atoms with Crippen LogP contribution in [0.3, 0.4) is 0 Å². The minimum atomic E-state index is -0.238. The minimum Gasteiger partial charge on any atom is -0.449 e. The Balaban J connectivity index is 1.57. The molecular formula is C15H20N4O3S. The molecule has 2 aromatic rings. The van der Waals surface area contributed by atoms with Gasteiger partial charge in [-0.05, 0) is 17.9 Å². The van der Waals surface area contributed by atoms with Crippen LogP contribution in [-0.2, 0) is 11.3 Å². The van der Waals surface area contributed by atoms with Crippen LogP contribution >= 0.6 is 11.3 Å². The fourth-order valence-electron chi connectivity index (χ4n) is 2.58. The van der Waals surface area contributed by atoms with E-state index in [2.05, 4.69) is 14.9 Å². The van der Waals surface area contributed by atoms with Crippen molar-refractivity contribution in [1.29, 1.82) is 0 Å². The third-order valence-corrected chi connectivity index (χ3v) is 4.70. The molecule has 2 aromatic heterocycles. The van der Waals surface area contributed by atoms with Gasteiger partial charge in [0.05, 0.1) is 18.7 Å². The Bertz CT molecular complexity index is 734. The lowest BCUT2D eigenvalue weighted by atomic mass is 10.3. The van der Waals surface area contributed by atoms with Crippen LogP contribution in [0.4, 0.5) is 4.79 Å². The van der Waals surface area contributed by atoms with Crippen LogP contribution in [0.5, 0.6) is 0 Å². The molecule has 3 heterocycles. The molecule has 23 heavy (non-hydrogen) atoms.